The molecule has 1 amide bonds. The van der Waals surface area contributed by atoms with Gasteiger partial charge in [0.05, 0.1) is 15.0 Å². The van der Waals surface area contributed by atoms with Crippen LogP contribution in [0.2, 0.25) is 10.0 Å². The summed E-state index contributed by atoms with van der Waals surface area (Å²) in [6.45, 7) is 5.16. The maximum absolute atomic E-state index is 12.3. The summed E-state index contributed by atoms with van der Waals surface area (Å²) < 4.78 is 0. The Morgan fingerprint density at radius 1 is 1.30 bits per heavy atom. The lowest BCUT2D eigenvalue weighted by molar-refractivity contribution is -0.122. The van der Waals surface area contributed by atoms with Gasteiger partial charge < -0.3 is 0 Å². The Hall–Kier alpha value is -0.970. The van der Waals surface area contributed by atoms with Crippen molar-refractivity contribution >= 4 is 52.1 Å². The van der Waals surface area contributed by atoms with Crippen molar-refractivity contribution in [1.82, 2.24) is 4.90 Å². The summed E-state index contributed by atoms with van der Waals surface area (Å²) in [6.07, 6.45) is 1.82. The second kappa shape index (κ2) is 6.66. The molecule has 1 aliphatic heterocycles. The summed E-state index contributed by atoms with van der Waals surface area (Å²) in [4.78, 5) is 18.9. The largest absolute Gasteiger partial charge is 0.287 e. The summed E-state index contributed by atoms with van der Waals surface area (Å²) in [5, 5.41) is 1.74. The third-order valence-electron chi connectivity index (χ3n) is 2.74. The van der Waals surface area contributed by atoms with Gasteiger partial charge in [0, 0.05) is 13.1 Å². The Morgan fingerprint density at radius 3 is 2.65 bits per heavy atom. The van der Waals surface area contributed by atoms with E-state index in [1.54, 1.807) is 17.0 Å². The highest BCUT2D eigenvalue weighted by molar-refractivity contribution is 8.18. The van der Waals surface area contributed by atoms with E-state index in [9.17, 15) is 4.79 Å². The lowest BCUT2D eigenvalue weighted by atomic mass is 10.2. The van der Waals surface area contributed by atoms with Crippen LogP contribution >= 0.6 is 35.0 Å². The van der Waals surface area contributed by atoms with E-state index in [1.165, 1.54) is 11.8 Å². The van der Waals surface area contributed by atoms with Crippen LogP contribution in [0.3, 0.4) is 0 Å². The molecule has 6 heteroatoms. The first-order valence-electron chi connectivity index (χ1n) is 6.27. The average molecular weight is 329 g/mol. The Bertz CT molecular complexity index is 599. The molecule has 0 N–H and O–H groups in total. The van der Waals surface area contributed by atoms with Crippen LogP contribution in [0.1, 0.15) is 19.4 Å². The molecule has 0 radical (unpaired) electrons. The fourth-order valence-corrected chi connectivity index (χ4v) is 3.21. The van der Waals surface area contributed by atoms with Crippen molar-refractivity contribution in [2.45, 2.75) is 13.8 Å². The number of hydrogen-bond donors (Lipinski definition) is 0. The van der Waals surface area contributed by atoms with Crippen molar-refractivity contribution in [2.75, 3.05) is 13.1 Å². The molecule has 0 bridgehead atoms. The van der Waals surface area contributed by atoms with Gasteiger partial charge in [0.15, 0.2) is 5.17 Å². The molecule has 0 spiro atoms. The van der Waals surface area contributed by atoms with Crippen molar-refractivity contribution in [3.8, 4) is 0 Å². The number of thioether (sulfide) groups is 1. The average Bonchev–Trinajstić information content (AvgIpc) is 2.70. The molecule has 0 atom stereocenters. The molecule has 0 aliphatic carbocycles. The van der Waals surface area contributed by atoms with Crippen molar-refractivity contribution in [2.24, 2.45) is 4.99 Å². The molecule has 1 heterocycles. The van der Waals surface area contributed by atoms with Crippen molar-refractivity contribution < 1.29 is 4.79 Å². The van der Waals surface area contributed by atoms with E-state index in [1.807, 2.05) is 26.0 Å². The maximum Gasteiger partial charge on any atom is 0.266 e. The lowest BCUT2D eigenvalue weighted by Crippen LogP contribution is -2.28. The van der Waals surface area contributed by atoms with Crippen LogP contribution in [0, 0.1) is 0 Å². The van der Waals surface area contributed by atoms with E-state index in [2.05, 4.69) is 4.99 Å². The molecular weight excluding hydrogens is 315 g/mol. The van der Waals surface area contributed by atoms with E-state index in [4.69, 9.17) is 23.2 Å². The number of carbonyl (C=O) groups excluding carboxylic acids is 1. The predicted molar refractivity (Wildman–Crippen MR) is 87.4 cm³/mol. The van der Waals surface area contributed by atoms with Gasteiger partial charge in [-0.05, 0) is 49.4 Å². The van der Waals surface area contributed by atoms with Gasteiger partial charge in [-0.2, -0.15) is 0 Å². The highest BCUT2D eigenvalue weighted by Crippen LogP contribution is 2.33. The van der Waals surface area contributed by atoms with Crippen molar-refractivity contribution in [3.63, 3.8) is 0 Å². The van der Waals surface area contributed by atoms with E-state index < -0.39 is 0 Å². The van der Waals surface area contributed by atoms with Gasteiger partial charge in [0.25, 0.3) is 5.91 Å². The number of rotatable bonds is 3. The summed E-state index contributed by atoms with van der Waals surface area (Å²) >= 11 is 13.3. The molecule has 1 aliphatic rings. The number of hydrogen-bond acceptors (Lipinski definition) is 3. The van der Waals surface area contributed by atoms with Gasteiger partial charge in [-0.1, -0.05) is 29.3 Å². The van der Waals surface area contributed by atoms with Crippen LogP contribution in [-0.4, -0.2) is 29.1 Å². The molecule has 0 aromatic heterocycles. The fourth-order valence-electron chi connectivity index (χ4n) is 1.79. The molecule has 1 aromatic rings. The topological polar surface area (TPSA) is 32.7 Å². The summed E-state index contributed by atoms with van der Waals surface area (Å²) in [5.74, 6) is -0.0178. The first-order valence-corrected chi connectivity index (χ1v) is 7.85. The number of aliphatic imine (C=N–C) groups is 1. The summed E-state index contributed by atoms with van der Waals surface area (Å²) in [5.41, 5.74) is 0.851. The monoisotopic (exact) mass is 328 g/mol. The number of halogens is 2. The SMILES string of the molecule is CCN=C1S/C(=C/c2ccc(Cl)c(Cl)c2)C(=O)N1CC. The summed E-state index contributed by atoms with van der Waals surface area (Å²) in [7, 11) is 0. The second-order valence-electron chi connectivity index (χ2n) is 4.09. The summed E-state index contributed by atoms with van der Waals surface area (Å²) in [6, 6.07) is 5.30. The Kier molecular flexibility index (Phi) is 5.13. The van der Waals surface area contributed by atoms with Gasteiger partial charge >= 0.3 is 0 Å². The zero-order valence-electron chi connectivity index (χ0n) is 11.2. The fraction of sp³-hybridized carbons (Fsp3) is 0.286. The van der Waals surface area contributed by atoms with Crippen LogP contribution in [0.5, 0.6) is 0 Å². The molecule has 2 rings (SSSR count). The normalized spacial score (nSPS) is 19.4. The van der Waals surface area contributed by atoms with Gasteiger partial charge in [0.2, 0.25) is 0 Å². The molecule has 3 nitrogen and oxygen atoms in total. The van der Waals surface area contributed by atoms with E-state index in [-0.39, 0.29) is 5.91 Å². The smallest absolute Gasteiger partial charge is 0.266 e. The van der Waals surface area contributed by atoms with E-state index in [0.29, 0.717) is 28.0 Å². The quantitative estimate of drug-likeness (QED) is 0.774. The molecule has 0 saturated carbocycles. The third-order valence-corrected chi connectivity index (χ3v) is 4.52. The first kappa shape index (κ1) is 15.4. The van der Waals surface area contributed by atoms with Gasteiger partial charge in [-0.15, -0.1) is 0 Å². The third kappa shape index (κ3) is 3.19. The molecule has 1 fully saturated rings. The second-order valence-corrected chi connectivity index (χ2v) is 5.91. The molecule has 1 saturated heterocycles. The Morgan fingerprint density at radius 2 is 2.05 bits per heavy atom. The molecule has 20 heavy (non-hydrogen) atoms. The van der Waals surface area contributed by atoms with Crippen molar-refractivity contribution in [3.05, 3.63) is 38.7 Å². The standard InChI is InChI=1S/C14H14Cl2N2OS/c1-3-17-14-18(4-2)13(19)12(20-14)8-9-5-6-10(15)11(16)7-9/h5-8H,3-4H2,1-2H3/b12-8+,17-14?. The van der Waals surface area contributed by atoms with E-state index >= 15 is 0 Å². The molecule has 106 valence electrons. The Labute approximate surface area is 132 Å². The maximum atomic E-state index is 12.3. The number of benzene rings is 1. The highest BCUT2D eigenvalue weighted by Gasteiger charge is 2.31. The minimum atomic E-state index is -0.0178. The first-order chi connectivity index (χ1) is 9.56. The van der Waals surface area contributed by atoms with Crippen LogP contribution in [0.4, 0.5) is 0 Å². The molecule has 1 aromatic carbocycles. The lowest BCUT2D eigenvalue weighted by Gasteiger charge is -2.11. The zero-order valence-corrected chi connectivity index (χ0v) is 13.5. The van der Waals surface area contributed by atoms with Crippen LogP contribution in [0.25, 0.3) is 6.08 Å². The number of likely N-dealkylation sites (N-methyl/N-ethyl adjacent to an activating group) is 1. The van der Waals surface area contributed by atoms with Crippen molar-refractivity contribution in [1.29, 1.82) is 0 Å². The van der Waals surface area contributed by atoms with Gasteiger partial charge in [-0.3, -0.25) is 14.7 Å². The number of carbonyl (C=O) groups is 1. The van der Waals surface area contributed by atoms with Gasteiger partial charge in [0.1, 0.15) is 0 Å². The predicted octanol–water partition coefficient (Wildman–Crippen LogP) is 4.31. The Balaban J connectivity index is 2.33. The van der Waals surface area contributed by atoms with Gasteiger partial charge in [-0.25, -0.2) is 0 Å². The molecule has 0 unspecified atom stereocenters. The van der Waals surface area contributed by atoms with E-state index in [0.717, 1.165) is 10.7 Å². The van der Waals surface area contributed by atoms with Crippen LogP contribution in [0.15, 0.2) is 28.1 Å². The number of amides is 1. The minimum absolute atomic E-state index is 0.0178. The zero-order chi connectivity index (χ0) is 14.7. The number of nitrogens with zero attached hydrogens (tertiary/aromatic N) is 2. The van der Waals surface area contributed by atoms with Crippen LogP contribution in [-0.2, 0) is 4.79 Å². The molecular formula is C14H14Cl2N2OS. The highest BCUT2D eigenvalue weighted by atomic mass is 35.5. The number of amidine groups is 1. The minimum Gasteiger partial charge on any atom is -0.287 e. The van der Waals surface area contributed by atoms with Crippen LogP contribution < -0.4 is 0 Å².